The number of amides is 3. The number of nitrogens with one attached hydrogen (secondary N) is 1. The second-order valence-electron chi connectivity index (χ2n) is 8.63. The van der Waals surface area contributed by atoms with Crippen LogP contribution in [0.3, 0.4) is 0 Å². The molecule has 3 aliphatic rings. The molecule has 4 rings (SSSR count). The van der Waals surface area contributed by atoms with Crippen molar-refractivity contribution in [3.8, 4) is 11.8 Å². The smallest absolute Gasteiger partial charge is 0.318 e. The molecular weight excluding hydrogens is 378 g/mol. The van der Waals surface area contributed by atoms with E-state index in [0.29, 0.717) is 6.54 Å². The minimum Gasteiger partial charge on any atom is -0.394 e. The molecule has 160 valence electrons. The van der Waals surface area contributed by atoms with Crippen LogP contribution in [0.5, 0.6) is 0 Å². The molecule has 6 heteroatoms. The molecular formula is C24H31N3O3. The summed E-state index contributed by atoms with van der Waals surface area (Å²) >= 11 is 0. The lowest BCUT2D eigenvalue weighted by molar-refractivity contribution is -0.159. The fraction of sp³-hybridized carbons (Fsp3) is 0.583. The summed E-state index contributed by atoms with van der Waals surface area (Å²) in [5, 5.41) is 13.0. The Labute approximate surface area is 178 Å². The fourth-order valence-corrected chi connectivity index (χ4v) is 5.07. The average molecular weight is 410 g/mol. The highest BCUT2D eigenvalue weighted by Crippen LogP contribution is 2.42. The first-order chi connectivity index (χ1) is 14.6. The van der Waals surface area contributed by atoms with E-state index in [1.54, 1.807) is 9.80 Å². The van der Waals surface area contributed by atoms with Crippen LogP contribution in [-0.2, 0) is 4.79 Å². The summed E-state index contributed by atoms with van der Waals surface area (Å²) in [6.07, 6.45) is 6.27. The van der Waals surface area contributed by atoms with E-state index in [-0.39, 0.29) is 49.1 Å². The van der Waals surface area contributed by atoms with Gasteiger partial charge in [0.15, 0.2) is 0 Å². The normalized spacial score (nSPS) is 25.9. The average Bonchev–Trinajstić information content (AvgIpc) is 3.24. The zero-order chi connectivity index (χ0) is 21.1. The van der Waals surface area contributed by atoms with Gasteiger partial charge in [0.2, 0.25) is 5.91 Å². The molecule has 3 atom stereocenters. The lowest BCUT2D eigenvalue weighted by Crippen LogP contribution is -2.74. The molecule has 3 amide bonds. The van der Waals surface area contributed by atoms with Crippen molar-refractivity contribution in [1.82, 2.24) is 15.1 Å². The Morgan fingerprint density at radius 3 is 2.63 bits per heavy atom. The van der Waals surface area contributed by atoms with Gasteiger partial charge in [-0.25, -0.2) is 4.79 Å². The minimum absolute atomic E-state index is 0.0266. The van der Waals surface area contributed by atoms with Crippen LogP contribution < -0.4 is 5.32 Å². The minimum atomic E-state index is -0.223. The van der Waals surface area contributed by atoms with Crippen LogP contribution in [0.2, 0.25) is 0 Å². The van der Waals surface area contributed by atoms with Gasteiger partial charge in [0.05, 0.1) is 18.7 Å². The van der Waals surface area contributed by atoms with Crippen LogP contribution in [0, 0.1) is 11.8 Å². The van der Waals surface area contributed by atoms with E-state index >= 15 is 0 Å². The van der Waals surface area contributed by atoms with Gasteiger partial charge >= 0.3 is 6.03 Å². The molecule has 0 spiro atoms. The number of rotatable bonds is 4. The van der Waals surface area contributed by atoms with Gasteiger partial charge < -0.3 is 20.2 Å². The summed E-state index contributed by atoms with van der Waals surface area (Å²) in [5.74, 6) is 6.27. The van der Waals surface area contributed by atoms with Crippen LogP contribution in [0.25, 0.3) is 0 Å². The summed E-state index contributed by atoms with van der Waals surface area (Å²) in [6.45, 7) is 2.63. The number of hydrogen-bond acceptors (Lipinski definition) is 3. The fourth-order valence-electron chi connectivity index (χ4n) is 5.07. The van der Waals surface area contributed by atoms with Crippen molar-refractivity contribution in [2.75, 3.05) is 19.7 Å². The first-order valence-electron chi connectivity index (χ1n) is 11.2. The zero-order valence-corrected chi connectivity index (χ0v) is 17.6. The van der Waals surface area contributed by atoms with Crippen molar-refractivity contribution in [2.45, 2.75) is 69.5 Å². The van der Waals surface area contributed by atoms with Crippen LogP contribution >= 0.6 is 0 Å². The predicted octanol–water partition coefficient (Wildman–Crippen LogP) is 2.46. The highest BCUT2D eigenvalue weighted by Gasteiger charge is 2.54. The van der Waals surface area contributed by atoms with Gasteiger partial charge in [-0.15, -0.1) is 0 Å². The van der Waals surface area contributed by atoms with Crippen molar-refractivity contribution in [3.05, 3.63) is 35.4 Å². The van der Waals surface area contributed by atoms with Gasteiger partial charge in [0, 0.05) is 30.5 Å². The molecule has 3 fully saturated rings. The molecule has 1 aromatic rings. The lowest BCUT2D eigenvalue weighted by Gasteiger charge is -2.58. The van der Waals surface area contributed by atoms with E-state index in [2.05, 4.69) is 24.1 Å². The third-order valence-corrected chi connectivity index (χ3v) is 6.63. The number of benzene rings is 1. The SMILES string of the molecule is CCCC#Cc1ccc([C@@H]2[C@H](CO)N3C(=O)CN(C(=O)NC4CCCC4)C[C@@H]23)cc1. The first-order valence-corrected chi connectivity index (χ1v) is 11.2. The van der Waals surface area contributed by atoms with Gasteiger partial charge in [-0.2, -0.15) is 0 Å². The topological polar surface area (TPSA) is 72.9 Å². The van der Waals surface area contributed by atoms with E-state index in [9.17, 15) is 14.7 Å². The van der Waals surface area contributed by atoms with Gasteiger partial charge in [0.1, 0.15) is 6.54 Å². The molecule has 0 bridgehead atoms. The number of hydrogen-bond donors (Lipinski definition) is 2. The molecule has 30 heavy (non-hydrogen) atoms. The van der Waals surface area contributed by atoms with Crippen LogP contribution in [-0.4, -0.2) is 64.7 Å². The number of carbonyl (C=O) groups excluding carboxylic acids is 2. The third-order valence-electron chi connectivity index (χ3n) is 6.63. The van der Waals surface area contributed by atoms with Crippen LogP contribution in [0.4, 0.5) is 4.79 Å². The maximum Gasteiger partial charge on any atom is 0.318 e. The molecule has 2 aliphatic heterocycles. The number of aliphatic hydroxyl groups excluding tert-OH is 1. The number of unbranched alkanes of at least 4 members (excludes halogenated alkanes) is 1. The second kappa shape index (κ2) is 9.09. The van der Waals surface area contributed by atoms with Gasteiger partial charge in [-0.3, -0.25) is 4.79 Å². The number of fused-ring (bicyclic) bond motifs is 1. The van der Waals surface area contributed by atoms with E-state index in [4.69, 9.17) is 0 Å². The number of nitrogens with zero attached hydrogens (tertiary/aromatic N) is 2. The van der Waals surface area contributed by atoms with E-state index in [1.807, 2.05) is 24.3 Å². The van der Waals surface area contributed by atoms with E-state index < -0.39 is 0 Å². The van der Waals surface area contributed by atoms with Crippen molar-refractivity contribution in [2.24, 2.45) is 0 Å². The Morgan fingerprint density at radius 1 is 1.23 bits per heavy atom. The molecule has 1 saturated carbocycles. The van der Waals surface area contributed by atoms with Crippen LogP contribution in [0.15, 0.2) is 24.3 Å². The van der Waals surface area contributed by atoms with E-state index in [0.717, 1.165) is 49.7 Å². The molecule has 0 unspecified atom stereocenters. The molecule has 0 aromatic heterocycles. The van der Waals surface area contributed by atoms with Crippen LogP contribution in [0.1, 0.15) is 62.5 Å². The van der Waals surface area contributed by atoms with E-state index in [1.165, 1.54) is 0 Å². The molecule has 0 radical (unpaired) electrons. The van der Waals surface area contributed by atoms with Crippen molar-refractivity contribution < 1.29 is 14.7 Å². The quantitative estimate of drug-likeness (QED) is 0.751. The number of aliphatic hydroxyl groups is 1. The Hall–Kier alpha value is -2.52. The number of carbonyl (C=O) groups is 2. The molecule has 2 saturated heterocycles. The standard InChI is InChI=1S/C24H31N3O3/c1-2-3-4-7-17-10-12-18(13-11-17)23-20-14-26(15-22(29)27(20)21(23)16-28)24(30)25-19-8-5-6-9-19/h10-13,19-21,23,28H,2-3,5-6,8-9,14-16H2,1H3,(H,25,30)/t20-,21-,23-/m0/s1. The Morgan fingerprint density at radius 2 is 1.97 bits per heavy atom. The highest BCUT2D eigenvalue weighted by atomic mass is 16.3. The molecule has 2 N–H and O–H groups in total. The van der Waals surface area contributed by atoms with Gasteiger partial charge in [-0.1, -0.05) is 43.7 Å². The molecule has 1 aromatic carbocycles. The summed E-state index contributed by atoms with van der Waals surface area (Å²) in [5.41, 5.74) is 2.06. The predicted molar refractivity (Wildman–Crippen MR) is 115 cm³/mol. The lowest BCUT2D eigenvalue weighted by atomic mass is 9.73. The largest absolute Gasteiger partial charge is 0.394 e. The second-order valence-corrected chi connectivity index (χ2v) is 8.63. The maximum absolute atomic E-state index is 12.7. The molecule has 6 nitrogen and oxygen atoms in total. The van der Waals surface area contributed by atoms with Crippen molar-refractivity contribution in [1.29, 1.82) is 0 Å². The molecule has 1 aliphatic carbocycles. The number of urea groups is 1. The Kier molecular flexibility index (Phi) is 6.29. The summed E-state index contributed by atoms with van der Waals surface area (Å²) < 4.78 is 0. The number of piperazine rings is 1. The zero-order valence-electron chi connectivity index (χ0n) is 17.6. The van der Waals surface area contributed by atoms with Crippen molar-refractivity contribution in [3.63, 3.8) is 0 Å². The monoisotopic (exact) mass is 409 g/mol. The summed E-state index contributed by atoms with van der Waals surface area (Å²) in [6, 6.07) is 7.88. The van der Waals surface area contributed by atoms with Gasteiger partial charge in [0.25, 0.3) is 0 Å². The summed E-state index contributed by atoms with van der Waals surface area (Å²) in [7, 11) is 0. The maximum atomic E-state index is 12.7. The molecule has 2 heterocycles. The first kappa shape index (κ1) is 20.7. The van der Waals surface area contributed by atoms with Gasteiger partial charge in [-0.05, 0) is 37.0 Å². The summed E-state index contributed by atoms with van der Waals surface area (Å²) in [4.78, 5) is 28.9. The third kappa shape index (κ3) is 4.04. The Balaban J connectivity index is 1.46. The Bertz CT molecular complexity index is 835. The highest BCUT2D eigenvalue weighted by molar-refractivity contribution is 5.87. The van der Waals surface area contributed by atoms with Crippen molar-refractivity contribution >= 4 is 11.9 Å².